The molecule has 1 aromatic carbocycles. The van der Waals surface area contributed by atoms with Gasteiger partial charge in [0.15, 0.2) is 5.43 Å². The van der Waals surface area contributed by atoms with E-state index in [4.69, 9.17) is 19.6 Å². The lowest BCUT2D eigenvalue weighted by molar-refractivity contribution is -0.157. The minimum atomic E-state index is -1.04. The van der Waals surface area contributed by atoms with Gasteiger partial charge in [0.05, 0.1) is 12.2 Å². The number of esters is 1. The number of phenols is 1. The number of carbonyl (C=O) groups excluding carboxylic acids is 1. The first kappa shape index (κ1) is 25.2. The number of rotatable bonds is 6. The van der Waals surface area contributed by atoms with Crippen molar-refractivity contribution >= 4 is 22.8 Å². The molecule has 0 saturated heterocycles. The Hall–Kier alpha value is -3.89. The molecular weight excluding hydrogens is 468 g/mol. The molecule has 0 fully saturated rings. The summed E-state index contributed by atoms with van der Waals surface area (Å²) in [4.78, 5) is 29.5. The van der Waals surface area contributed by atoms with E-state index in [1.807, 2.05) is 0 Å². The van der Waals surface area contributed by atoms with Gasteiger partial charge in [0.25, 0.3) is 0 Å². The third kappa shape index (κ3) is 4.52. The topological polar surface area (TPSA) is 165 Å². The summed E-state index contributed by atoms with van der Waals surface area (Å²) >= 11 is 0. The van der Waals surface area contributed by atoms with Gasteiger partial charge in [0, 0.05) is 36.2 Å². The second-order valence-electron chi connectivity index (χ2n) is 9.12. The summed E-state index contributed by atoms with van der Waals surface area (Å²) in [7, 11) is 0. The monoisotopic (exact) mass is 496 g/mol. The van der Waals surface area contributed by atoms with E-state index in [2.05, 4.69) is 4.98 Å². The molecule has 10 heteroatoms. The van der Waals surface area contributed by atoms with Crippen molar-refractivity contribution in [2.75, 3.05) is 12.3 Å². The highest BCUT2D eigenvalue weighted by Crippen LogP contribution is 2.46. The summed E-state index contributed by atoms with van der Waals surface area (Å²) in [6.07, 6.45) is 2.44. The number of pyridine rings is 1. The van der Waals surface area contributed by atoms with Gasteiger partial charge in [0.1, 0.15) is 52.4 Å². The number of anilines is 1. The largest absolute Gasteiger partial charge is 0.507 e. The van der Waals surface area contributed by atoms with Gasteiger partial charge in [-0.15, -0.1) is 0 Å². The van der Waals surface area contributed by atoms with E-state index < -0.39 is 36.3 Å². The van der Waals surface area contributed by atoms with Crippen molar-refractivity contribution in [2.24, 2.45) is 0 Å². The number of aromatic hydroxyl groups is 1. The number of allylic oxidation sites excluding steroid dienone is 1. The van der Waals surface area contributed by atoms with E-state index in [0.717, 1.165) is 11.6 Å². The van der Waals surface area contributed by atoms with Crippen molar-refractivity contribution in [1.82, 2.24) is 4.98 Å². The number of aromatic nitrogens is 1. The predicted molar refractivity (Wildman–Crippen MR) is 131 cm³/mol. The van der Waals surface area contributed by atoms with Crippen LogP contribution in [0.1, 0.15) is 43.2 Å². The molecule has 1 aliphatic heterocycles. The van der Waals surface area contributed by atoms with Crippen molar-refractivity contribution in [2.45, 2.75) is 51.9 Å². The van der Waals surface area contributed by atoms with E-state index in [1.54, 1.807) is 39.1 Å². The number of aliphatic hydroxyl groups is 2. The van der Waals surface area contributed by atoms with Gasteiger partial charge in [0.2, 0.25) is 0 Å². The van der Waals surface area contributed by atoms with Crippen LogP contribution >= 0.6 is 0 Å². The van der Waals surface area contributed by atoms with Gasteiger partial charge in [-0.1, -0.05) is 6.08 Å². The fourth-order valence-electron chi connectivity index (χ4n) is 4.30. The van der Waals surface area contributed by atoms with Crippen LogP contribution in [0.5, 0.6) is 11.5 Å². The molecule has 0 saturated carbocycles. The molecule has 4 rings (SSSR count). The summed E-state index contributed by atoms with van der Waals surface area (Å²) in [5.74, 6) is -0.420. The highest BCUT2D eigenvalue weighted by atomic mass is 16.6. The molecule has 3 heterocycles. The first-order chi connectivity index (χ1) is 17.1. The molecule has 0 radical (unpaired) electrons. The van der Waals surface area contributed by atoms with Crippen molar-refractivity contribution in [3.63, 3.8) is 0 Å². The van der Waals surface area contributed by atoms with Crippen molar-refractivity contribution in [3.8, 4) is 11.5 Å². The van der Waals surface area contributed by atoms with Crippen LogP contribution in [0.15, 0.2) is 45.3 Å². The Bertz CT molecular complexity index is 1420. The minimum absolute atomic E-state index is 0.0344. The molecule has 0 amide bonds. The number of fused-ring (bicyclic) bond motifs is 2. The number of carbonyl (C=O) groups is 1. The molecule has 0 bridgehead atoms. The number of hydrogen-bond acceptors (Lipinski definition) is 10. The number of nitrogen functional groups attached to an aromatic ring is 1. The lowest BCUT2D eigenvalue weighted by Crippen LogP contribution is -2.49. The Kier molecular flexibility index (Phi) is 6.75. The molecule has 2 aromatic heterocycles. The van der Waals surface area contributed by atoms with Crippen LogP contribution in [0.3, 0.4) is 0 Å². The van der Waals surface area contributed by atoms with Crippen molar-refractivity contribution < 1.29 is 34.0 Å². The van der Waals surface area contributed by atoms with Gasteiger partial charge >= 0.3 is 5.97 Å². The Morgan fingerprint density at radius 2 is 2.08 bits per heavy atom. The van der Waals surface area contributed by atoms with Crippen LogP contribution in [0.25, 0.3) is 11.0 Å². The number of ether oxygens (including phenoxy) is 2. The van der Waals surface area contributed by atoms with Crippen molar-refractivity contribution in [3.05, 3.63) is 68.7 Å². The van der Waals surface area contributed by atoms with Crippen LogP contribution in [0.2, 0.25) is 0 Å². The third-order valence-electron chi connectivity index (χ3n) is 6.29. The number of nitrogens with two attached hydrogens (primary N) is 1. The SMILES string of the molecule is CC=C(CO)C(=O)O[C@H]1Cc2c(c(Cc3ccnc(N)c3)c3oc(CO)cc(=O)c3c2O)OC1(C)C. The fourth-order valence-corrected chi connectivity index (χ4v) is 4.30. The smallest absolute Gasteiger partial charge is 0.336 e. The average Bonchev–Trinajstić information content (AvgIpc) is 2.82. The van der Waals surface area contributed by atoms with Gasteiger partial charge in [-0.3, -0.25) is 4.79 Å². The Labute approximate surface area is 206 Å². The van der Waals surface area contributed by atoms with E-state index in [0.29, 0.717) is 17.1 Å². The lowest BCUT2D eigenvalue weighted by atomic mass is 9.86. The van der Waals surface area contributed by atoms with Crippen LogP contribution in [-0.4, -0.2) is 44.6 Å². The molecule has 5 N–H and O–H groups in total. The second-order valence-corrected chi connectivity index (χ2v) is 9.12. The van der Waals surface area contributed by atoms with Gasteiger partial charge in [-0.05, 0) is 38.5 Å². The van der Waals surface area contributed by atoms with Crippen molar-refractivity contribution in [1.29, 1.82) is 0 Å². The van der Waals surface area contributed by atoms with E-state index in [-0.39, 0.29) is 46.5 Å². The lowest BCUT2D eigenvalue weighted by Gasteiger charge is -2.40. The first-order valence-corrected chi connectivity index (χ1v) is 11.4. The molecule has 0 spiro atoms. The molecule has 190 valence electrons. The minimum Gasteiger partial charge on any atom is -0.507 e. The molecular formula is C26H28N2O8. The highest BCUT2D eigenvalue weighted by Gasteiger charge is 2.43. The number of benzene rings is 1. The summed E-state index contributed by atoms with van der Waals surface area (Å²) in [5.41, 5.74) is 5.95. The van der Waals surface area contributed by atoms with Gasteiger partial charge < -0.3 is 34.9 Å². The maximum Gasteiger partial charge on any atom is 0.336 e. The molecule has 0 unspecified atom stereocenters. The van der Waals surface area contributed by atoms with Gasteiger partial charge in [-0.2, -0.15) is 0 Å². The highest BCUT2D eigenvalue weighted by molar-refractivity contribution is 5.91. The average molecular weight is 497 g/mol. The first-order valence-electron chi connectivity index (χ1n) is 11.4. The predicted octanol–water partition coefficient (Wildman–Crippen LogP) is 2.12. The Balaban J connectivity index is 1.92. The standard InChI is InChI=1S/C26H28N2O8/c1-4-14(11-29)25(33)35-19-10-16-22(32)21-18(31)9-15(12-30)34-24(21)17(23(16)36-26(19,2)3)7-13-5-6-28-20(27)8-13/h4-6,8-9,19,29-30,32H,7,10-12H2,1-3H3,(H2,27,28)/t19-/m0/s1. The van der Waals surface area contributed by atoms with E-state index >= 15 is 0 Å². The van der Waals surface area contributed by atoms with Gasteiger partial charge in [-0.25, -0.2) is 9.78 Å². The summed E-state index contributed by atoms with van der Waals surface area (Å²) < 4.78 is 17.8. The Morgan fingerprint density at radius 3 is 2.72 bits per heavy atom. The molecule has 10 nitrogen and oxygen atoms in total. The van der Waals surface area contributed by atoms with E-state index in [9.17, 15) is 24.9 Å². The molecule has 3 aromatic rings. The zero-order valence-corrected chi connectivity index (χ0v) is 20.2. The fraction of sp³-hybridized carbons (Fsp3) is 0.346. The quantitative estimate of drug-likeness (QED) is 0.293. The van der Waals surface area contributed by atoms with Crippen LogP contribution in [-0.2, 0) is 29.0 Å². The van der Waals surface area contributed by atoms with E-state index in [1.165, 1.54) is 6.08 Å². The molecule has 1 atom stereocenters. The summed E-state index contributed by atoms with van der Waals surface area (Å²) in [5, 5.41) is 30.1. The van der Waals surface area contributed by atoms with Crippen LogP contribution in [0, 0.1) is 0 Å². The maximum absolute atomic E-state index is 13.0. The number of hydrogen-bond donors (Lipinski definition) is 4. The zero-order valence-electron chi connectivity index (χ0n) is 20.2. The Morgan fingerprint density at radius 1 is 1.33 bits per heavy atom. The third-order valence-corrected chi connectivity index (χ3v) is 6.29. The molecule has 1 aliphatic rings. The molecule has 36 heavy (non-hydrogen) atoms. The van der Waals surface area contributed by atoms with Crippen LogP contribution < -0.4 is 15.9 Å². The second kappa shape index (κ2) is 9.63. The number of aliphatic hydroxyl groups excluding tert-OH is 2. The molecule has 0 aliphatic carbocycles. The maximum atomic E-state index is 13.0. The van der Waals surface area contributed by atoms with Crippen LogP contribution in [0.4, 0.5) is 5.82 Å². The number of nitrogens with zero attached hydrogens (tertiary/aromatic N) is 1. The summed E-state index contributed by atoms with van der Waals surface area (Å²) in [6, 6.07) is 4.54. The normalized spacial score (nSPS) is 16.9. The summed E-state index contributed by atoms with van der Waals surface area (Å²) in [6.45, 7) is 4.09. The number of phenolic OH excluding ortho intramolecular Hbond substituents is 1. The zero-order chi connectivity index (χ0) is 26.2.